The molecule has 2 saturated heterocycles. The smallest absolute Gasteiger partial charge is 0.426 e. The largest absolute Gasteiger partial charge is 0.434 e. The fraction of sp³-hybridized carbons (Fsp3) is 0.640. The van der Waals surface area contributed by atoms with Crippen LogP contribution < -0.4 is 5.32 Å². The molecular formula is C25H31F6N5O3. The molecular weight excluding hydrogens is 532 g/mol. The Bertz CT molecular complexity index is 1100. The number of nitrogens with one attached hydrogen (secondary N) is 1. The highest BCUT2D eigenvalue weighted by molar-refractivity contribution is 5.94. The van der Waals surface area contributed by atoms with Gasteiger partial charge < -0.3 is 15.0 Å². The molecule has 3 aliphatic rings. The van der Waals surface area contributed by atoms with Crippen molar-refractivity contribution in [2.75, 3.05) is 32.7 Å². The van der Waals surface area contributed by atoms with Gasteiger partial charge in [-0.25, -0.2) is 4.79 Å². The molecule has 0 saturated carbocycles. The van der Waals surface area contributed by atoms with Crippen molar-refractivity contribution in [1.82, 2.24) is 24.9 Å². The van der Waals surface area contributed by atoms with E-state index in [-0.39, 0.29) is 36.2 Å². The molecule has 0 spiro atoms. The Kier molecular flexibility index (Phi) is 8.06. The summed E-state index contributed by atoms with van der Waals surface area (Å²) in [4.78, 5) is 28.2. The van der Waals surface area contributed by atoms with E-state index in [4.69, 9.17) is 0 Å². The van der Waals surface area contributed by atoms with Crippen molar-refractivity contribution in [2.24, 2.45) is 17.3 Å². The minimum atomic E-state index is -5.75. The SMILES string of the molecule is CCn1ncc(CN2CC3CN(C(=O)OC(C(F)(F)F)C(F)(F)F)CC3C2)c1C(=O)NCC1(C)C=CC=CC1. The van der Waals surface area contributed by atoms with Crippen LogP contribution in [0.25, 0.3) is 0 Å². The number of allylic oxidation sites excluding steroid dienone is 3. The molecule has 1 N–H and O–H groups in total. The number of fused-ring (bicyclic) bond motifs is 1. The topological polar surface area (TPSA) is 79.7 Å². The fourth-order valence-corrected chi connectivity index (χ4v) is 5.42. The monoisotopic (exact) mass is 563 g/mol. The summed E-state index contributed by atoms with van der Waals surface area (Å²) < 4.78 is 82.1. The van der Waals surface area contributed by atoms with Gasteiger partial charge >= 0.3 is 18.4 Å². The van der Waals surface area contributed by atoms with Crippen LogP contribution in [-0.4, -0.2) is 82.8 Å². The van der Waals surface area contributed by atoms with E-state index in [2.05, 4.69) is 33.1 Å². The number of aromatic nitrogens is 2. The maximum absolute atomic E-state index is 13.2. The van der Waals surface area contributed by atoms with E-state index in [0.717, 1.165) is 11.3 Å². The third-order valence-corrected chi connectivity index (χ3v) is 7.44. The van der Waals surface area contributed by atoms with Crippen LogP contribution >= 0.6 is 0 Å². The highest BCUT2D eigenvalue weighted by Crippen LogP contribution is 2.38. The molecule has 216 valence electrons. The average Bonchev–Trinajstić information content (AvgIpc) is 3.53. The summed E-state index contributed by atoms with van der Waals surface area (Å²) in [5, 5.41) is 7.34. The maximum atomic E-state index is 13.2. The molecule has 39 heavy (non-hydrogen) atoms. The predicted molar refractivity (Wildman–Crippen MR) is 127 cm³/mol. The number of rotatable bonds is 7. The minimum Gasteiger partial charge on any atom is -0.426 e. The van der Waals surface area contributed by atoms with Crippen molar-refractivity contribution in [2.45, 2.75) is 51.8 Å². The second-order valence-corrected chi connectivity index (χ2v) is 10.6. The van der Waals surface area contributed by atoms with Crippen LogP contribution in [-0.2, 0) is 17.8 Å². The second-order valence-electron chi connectivity index (χ2n) is 10.6. The average molecular weight is 564 g/mol. The van der Waals surface area contributed by atoms with Gasteiger partial charge in [-0.05, 0) is 25.2 Å². The van der Waals surface area contributed by atoms with Gasteiger partial charge in [-0.3, -0.25) is 14.4 Å². The molecule has 4 rings (SSSR count). The van der Waals surface area contributed by atoms with Gasteiger partial charge in [-0.2, -0.15) is 31.4 Å². The molecule has 3 atom stereocenters. The molecule has 3 unspecified atom stereocenters. The van der Waals surface area contributed by atoms with Crippen molar-refractivity contribution in [3.63, 3.8) is 0 Å². The molecule has 0 bridgehead atoms. The van der Waals surface area contributed by atoms with E-state index in [1.807, 2.05) is 25.2 Å². The number of carbonyl (C=O) groups excluding carboxylic acids is 2. The molecule has 14 heteroatoms. The number of hydrogen-bond acceptors (Lipinski definition) is 5. The number of nitrogens with zero attached hydrogens (tertiary/aromatic N) is 4. The molecule has 0 radical (unpaired) electrons. The lowest BCUT2D eigenvalue weighted by Crippen LogP contribution is -2.48. The van der Waals surface area contributed by atoms with Crippen LogP contribution in [0, 0.1) is 17.3 Å². The number of carbonyl (C=O) groups is 2. The highest BCUT2D eigenvalue weighted by atomic mass is 19.4. The fourth-order valence-electron chi connectivity index (χ4n) is 5.42. The van der Waals surface area contributed by atoms with E-state index in [9.17, 15) is 35.9 Å². The third-order valence-electron chi connectivity index (χ3n) is 7.44. The van der Waals surface area contributed by atoms with Crippen LogP contribution in [0.15, 0.2) is 30.5 Å². The Labute approximate surface area is 221 Å². The Hall–Kier alpha value is -3.03. The van der Waals surface area contributed by atoms with Gasteiger partial charge in [-0.15, -0.1) is 0 Å². The quantitative estimate of drug-likeness (QED) is 0.505. The molecule has 1 aromatic rings. The number of likely N-dealkylation sites (tertiary alicyclic amines) is 2. The van der Waals surface area contributed by atoms with Crippen molar-refractivity contribution in [3.05, 3.63) is 41.8 Å². The summed E-state index contributed by atoms with van der Waals surface area (Å²) in [6.07, 6.45) is -6.85. The molecule has 3 heterocycles. The van der Waals surface area contributed by atoms with Crippen LogP contribution in [0.3, 0.4) is 0 Å². The summed E-state index contributed by atoms with van der Waals surface area (Å²) in [6.45, 7) is 6.17. The Balaban J connectivity index is 1.34. The van der Waals surface area contributed by atoms with E-state index in [1.54, 1.807) is 10.9 Å². The van der Waals surface area contributed by atoms with Crippen molar-refractivity contribution < 1.29 is 40.7 Å². The number of ether oxygens (including phenoxy) is 1. The van der Waals surface area contributed by atoms with Crippen molar-refractivity contribution in [1.29, 1.82) is 0 Å². The molecule has 2 amide bonds. The number of halogens is 6. The van der Waals surface area contributed by atoms with E-state index in [0.29, 0.717) is 44.0 Å². The number of hydrogen-bond donors (Lipinski definition) is 1. The second kappa shape index (κ2) is 10.9. The van der Waals surface area contributed by atoms with E-state index >= 15 is 0 Å². The first kappa shape index (κ1) is 29.0. The third kappa shape index (κ3) is 6.59. The van der Waals surface area contributed by atoms with Gasteiger partial charge in [0.1, 0.15) is 5.69 Å². The Morgan fingerprint density at radius 1 is 1.10 bits per heavy atom. The van der Waals surface area contributed by atoms with Crippen LogP contribution in [0.2, 0.25) is 0 Å². The standard InChI is InChI=1S/C25H31F6N5O3/c1-3-36-19(20(37)32-15-23(2)7-5-4-6-8-23)16(9-33-36)10-34-11-17-13-35(14-18(17)12-34)22(38)39-21(24(26,27)28)25(29,30)31/h4-7,9,17-18,21H,3,8,10-15H2,1-2H3,(H,32,37). The number of amides is 2. The highest BCUT2D eigenvalue weighted by Gasteiger charge is 2.60. The summed E-state index contributed by atoms with van der Waals surface area (Å²) in [7, 11) is 0. The van der Waals surface area contributed by atoms with Gasteiger partial charge in [0.25, 0.3) is 12.0 Å². The lowest BCUT2D eigenvalue weighted by atomic mass is 9.84. The zero-order valence-corrected chi connectivity index (χ0v) is 21.6. The van der Waals surface area contributed by atoms with E-state index in [1.165, 1.54) is 0 Å². The van der Waals surface area contributed by atoms with Gasteiger partial charge in [-0.1, -0.05) is 31.2 Å². The van der Waals surface area contributed by atoms with Crippen LogP contribution in [0.4, 0.5) is 31.1 Å². The number of aryl methyl sites for hydroxylation is 1. The summed E-state index contributed by atoms with van der Waals surface area (Å²) >= 11 is 0. The minimum absolute atomic E-state index is 0.00938. The van der Waals surface area contributed by atoms with Crippen molar-refractivity contribution in [3.8, 4) is 0 Å². The Morgan fingerprint density at radius 2 is 1.74 bits per heavy atom. The van der Waals surface area contributed by atoms with Crippen LogP contribution in [0.1, 0.15) is 36.3 Å². The first-order valence-electron chi connectivity index (χ1n) is 12.7. The molecule has 2 fully saturated rings. The summed E-state index contributed by atoms with van der Waals surface area (Å²) in [5.74, 6) is -0.527. The normalized spacial score (nSPS) is 25.4. The van der Waals surface area contributed by atoms with Gasteiger partial charge in [0.2, 0.25) is 0 Å². The lowest BCUT2D eigenvalue weighted by Gasteiger charge is -2.27. The van der Waals surface area contributed by atoms with Crippen LogP contribution in [0.5, 0.6) is 0 Å². The number of alkyl halides is 6. The summed E-state index contributed by atoms with van der Waals surface area (Å²) in [6, 6.07) is 0. The lowest BCUT2D eigenvalue weighted by molar-refractivity contribution is -0.308. The van der Waals surface area contributed by atoms with Gasteiger partial charge in [0.05, 0.1) is 6.20 Å². The Morgan fingerprint density at radius 3 is 2.28 bits per heavy atom. The maximum Gasteiger partial charge on any atom is 0.434 e. The molecule has 2 aliphatic heterocycles. The van der Waals surface area contributed by atoms with Gasteiger partial charge in [0, 0.05) is 56.8 Å². The zero-order chi connectivity index (χ0) is 28.6. The zero-order valence-electron chi connectivity index (χ0n) is 21.6. The molecule has 8 nitrogen and oxygen atoms in total. The predicted octanol–water partition coefficient (Wildman–Crippen LogP) is 4.15. The molecule has 1 aliphatic carbocycles. The van der Waals surface area contributed by atoms with E-state index < -0.39 is 24.5 Å². The first-order valence-corrected chi connectivity index (χ1v) is 12.7. The summed E-state index contributed by atoms with van der Waals surface area (Å²) in [5.41, 5.74) is 0.971. The van der Waals surface area contributed by atoms with Crippen molar-refractivity contribution >= 4 is 12.0 Å². The molecule has 0 aromatic carbocycles. The molecule has 1 aromatic heterocycles. The first-order chi connectivity index (χ1) is 18.2. The van der Waals surface area contributed by atoms with Gasteiger partial charge in [0.15, 0.2) is 0 Å².